The van der Waals surface area contributed by atoms with E-state index in [1.807, 2.05) is 17.0 Å². The van der Waals surface area contributed by atoms with E-state index in [1.165, 1.54) is 22.9 Å². The molecular formula is C28H33N2O3S+. The number of aryl methyl sites for hydroxylation is 2. The number of fused-ring (bicyclic) bond motifs is 1. The van der Waals surface area contributed by atoms with Crippen LogP contribution in [0.2, 0.25) is 0 Å². The van der Waals surface area contributed by atoms with Crippen LogP contribution < -0.4 is 4.74 Å². The summed E-state index contributed by atoms with van der Waals surface area (Å²) in [5.41, 5.74) is 5.28. The maximum Gasteiger partial charge on any atom is 0.254 e. The summed E-state index contributed by atoms with van der Waals surface area (Å²) in [4.78, 5) is 16.9. The number of nitrogens with zero attached hydrogens (tertiary/aromatic N) is 2. The van der Waals surface area contributed by atoms with Gasteiger partial charge in [0.15, 0.2) is 0 Å². The molecule has 1 N–H and O–H groups in total. The Kier molecular flexibility index (Phi) is 6.91. The number of quaternary nitrogens is 1. The molecule has 1 amide bonds. The van der Waals surface area contributed by atoms with E-state index in [0.29, 0.717) is 30.2 Å². The molecule has 1 aliphatic heterocycles. The van der Waals surface area contributed by atoms with Crippen LogP contribution in [0.5, 0.6) is 11.5 Å². The molecule has 0 radical (unpaired) electrons. The largest absolute Gasteiger partial charge is 0.507 e. The lowest BCUT2D eigenvalue weighted by atomic mass is 10.1. The summed E-state index contributed by atoms with van der Waals surface area (Å²) in [6.45, 7) is 6.86. The summed E-state index contributed by atoms with van der Waals surface area (Å²) in [6, 6.07) is 17.4. The van der Waals surface area contributed by atoms with Crippen LogP contribution in [0, 0.1) is 13.8 Å². The number of carbonyl (C=O) groups excluding carboxylic acids is 1. The van der Waals surface area contributed by atoms with E-state index < -0.39 is 0 Å². The van der Waals surface area contributed by atoms with Crippen LogP contribution >= 0.6 is 11.8 Å². The molecule has 0 spiro atoms. The van der Waals surface area contributed by atoms with Gasteiger partial charge >= 0.3 is 0 Å². The number of benzene rings is 3. The molecule has 0 aliphatic carbocycles. The normalized spacial score (nSPS) is 13.1. The van der Waals surface area contributed by atoms with Gasteiger partial charge in [-0.05, 0) is 78.6 Å². The van der Waals surface area contributed by atoms with Crippen LogP contribution in [0.15, 0.2) is 64.4 Å². The Hall–Kier alpha value is -2.96. The monoisotopic (exact) mass is 477 g/mol. The summed E-state index contributed by atoms with van der Waals surface area (Å²) in [5.74, 6) is 0.990. The summed E-state index contributed by atoms with van der Waals surface area (Å²) in [5, 5.41) is 10.4. The first-order valence-electron chi connectivity index (χ1n) is 11.5. The zero-order valence-electron chi connectivity index (χ0n) is 20.6. The van der Waals surface area contributed by atoms with Crippen LogP contribution in [0.1, 0.15) is 32.6 Å². The number of amides is 1. The molecule has 0 bridgehead atoms. The van der Waals surface area contributed by atoms with Crippen molar-refractivity contribution in [3.8, 4) is 11.5 Å². The quantitative estimate of drug-likeness (QED) is 0.463. The van der Waals surface area contributed by atoms with Crippen LogP contribution in [0.25, 0.3) is 0 Å². The second kappa shape index (κ2) is 9.72. The van der Waals surface area contributed by atoms with Gasteiger partial charge in [0.25, 0.3) is 5.91 Å². The smallest absolute Gasteiger partial charge is 0.254 e. The maximum absolute atomic E-state index is 13.3. The highest BCUT2D eigenvalue weighted by atomic mass is 32.2. The third-order valence-electron chi connectivity index (χ3n) is 6.13. The highest BCUT2D eigenvalue weighted by molar-refractivity contribution is 7.99. The van der Waals surface area contributed by atoms with Crippen LogP contribution in [0.3, 0.4) is 0 Å². The average molecular weight is 478 g/mol. The zero-order valence-corrected chi connectivity index (χ0v) is 21.4. The molecule has 178 valence electrons. The van der Waals surface area contributed by atoms with Crippen molar-refractivity contribution in [3.63, 3.8) is 0 Å². The summed E-state index contributed by atoms with van der Waals surface area (Å²) < 4.78 is 6.79. The minimum atomic E-state index is -0.0364. The molecule has 5 nitrogen and oxygen atoms in total. The van der Waals surface area contributed by atoms with Gasteiger partial charge in [0.1, 0.15) is 24.7 Å². The zero-order chi connectivity index (χ0) is 24.5. The molecule has 3 aromatic carbocycles. The number of hydrogen-bond donors (Lipinski definition) is 1. The van der Waals surface area contributed by atoms with Crippen molar-refractivity contribution >= 4 is 17.7 Å². The lowest BCUT2D eigenvalue weighted by molar-refractivity contribution is -0.870. The fraction of sp³-hybridized carbons (Fsp3) is 0.321. The maximum atomic E-state index is 13.3. The molecular weight excluding hydrogens is 444 g/mol. The number of phenolic OH excluding ortho intramolecular Hbond substituents is 1. The van der Waals surface area contributed by atoms with Gasteiger partial charge in [-0.2, -0.15) is 0 Å². The number of aromatic hydroxyl groups is 1. The molecule has 6 heteroatoms. The second-order valence-electron chi connectivity index (χ2n) is 9.98. The van der Waals surface area contributed by atoms with Crippen molar-refractivity contribution in [2.45, 2.75) is 36.7 Å². The number of rotatable bonds is 7. The molecule has 0 atom stereocenters. The number of phenols is 1. The van der Waals surface area contributed by atoms with E-state index in [1.54, 1.807) is 18.2 Å². The topological polar surface area (TPSA) is 49.8 Å². The van der Waals surface area contributed by atoms with Crippen molar-refractivity contribution in [1.82, 2.24) is 4.90 Å². The van der Waals surface area contributed by atoms with Gasteiger partial charge in [-0.1, -0.05) is 23.9 Å². The van der Waals surface area contributed by atoms with Crippen molar-refractivity contribution in [3.05, 3.63) is 82.4 Å². The number of carbonyl (C=O) groups is 1. The fourth-order valence-electron chi connectivity index (χ4n) is 3.86. The van der Waals surface area contributed by atoms with Crippen molar-refractivity contribution in [1.29, 1.82) is 0 Å². The molecule has 34 heavy (non-hydrogen) atoms. The van der Waals surface area contributed by atoms with Gasteiger partial charge in [-0.3, -0.25) is 4.79 Å². The summed E-state index contributed by atoms with van der Waals surface area (Å²) in [7, 11) is 6.43. The van der Waals surface area contributed by atoms with Crippen LogP contribution in [-0.2, 0) is 13.1 Å². The van der Waals surface area contributed by atoms with Gasteiger partial charge in [-0.25, -0.2) is 0 Å². The van der Waals surface area contributed by atoms with Crippen molar-refractivity contribution in [2.75, 3.05) is 34.3 Å². The van der Waals surface area contributed by atoms with Gasteiger partial charge in [0.05, 0.1) is 26.0 Å². The Labute approximate surface area is 206 Å². The van der Waals surface area contributed by atoms with Crippen molar-refractivity contribution in [2.24, 2.45) is 0 Å². The van der Waals surface area contributed by atoms with Crippen molar-refractivity contribution < 1.29 is 19.1 Å². The Morgan fingerprint density at radius 3 is 2.47 bits per heavy atom. The lowest BCUT2D eigenvalue weighted by Gasteiger charge is -2.23. The summed E-state index contributed by atoms with van der Waals surface area (Å²) >= 11 is 1.47. The Bertz CT molecular complexity index is 1220. The van der Waals surface area contributed by atoms with E-state index in [-0.39, 0.29) is 11.7 Å². The molecule has 0 fully saturated rings. The molecule has 0 aromatic heterocycles. The molecule has 1 heterocycles. The first kappa shape index (κ1) is 24.2. The molecule has 0 saturated heterocycles. The van der Waals surface area contributed by atoms with Gasteiger partial charge in [0, 0.05) is 23.5 Å². The highest BCUT2D eigenvalue weighted by Gasteiger charge is 2.25. The predicted octanol–water partition coefficient (Wildman–Crippen LogP) is 5.40. The Morgan fingerprint density at radius 1 is 0.971 bits per heavy atom. The molecule has 3 aromatic rings. The van der Waals surface area contributed by atoms with Crippen LogP contribution in [-0.4, -0.2) is 54.7 Å². The third-order valence-corrected chi connectivity index (χ3v) is 7.17. The van der Waals surface area contributed by atoms with E-state index in [9.17, 15) is 9.90 Å². The van der Waals surface area contributed by atoms with Gasteiger partial charge in [-0.15, -0.1) is 0 Å². The van der Waals surface area contributed by atoms with E-state index in [2.05, 4.69) is 59.3 Å². The fourth-order valence-corrected chi connectivity index (χ4v) is 4.84. The van der Waals surface area contributed by atoms with E-state index >= 15 is 0 Å². The Balaban J connectivity index is 1.45. The van der Waals surface area contributed by atoms with Crippen LogP contribution in [0.4, 0.5) is 0 Å². The average Bonchev–Trinajstić information content (AvgIpc) is 3.20. The molecule has 0 unspecified atom stereocenters. The van der Waals surface area contributed by atoms with E-state index in [4.69, 9.17) is 4.74 Å². The predicted molar refractivity (Wildman–Crippen MR) is 137 cm³/mol. The minimum absolute atomic E-state index is 0.0364. The minimum Gasteiger partial charge on any atom is -0.507 e. The first-order valence-corrected chi connectivity index (χ1v) is 12.3. The second-order valence-corrected chi connectivity index (χ2v) is 11.1. The summed E-state index contributed by atoms with van der Waals surface area (Å²) in [6.07, 6.45) is 0. The molecule has 1 aliphatic rings. The number of ether oxygens (including phenoxy) is 1. The van der Waals surface area contributed by atoms with Gasteiger partial charge in [0.2, 0.25) is 0 Å². The number of hydrogen-bond acceptors (Lipinski definition) is 4. The standard InChI is InChI=1S/C28H32N2O3S/c1-19-6-10-25(14-20(19)2)34-27-16-21(8-11-26(27)31)28(32)29-17-22-7-9-24(15-23(22)18-29)33-13-12-30(3,4)5/h6-11,14-16H,12-13,17-18H2,1-5H3/p+1. The lowest BCUT2D eigenvalue weighted by Crippen LogP contribution is -2.38. The first-order chi connectivity index (χ1) is 16.1. The number of likely N-dealkylation sites (N-methyl/N-ethyl adjacent to an activating group) is 1. The Morgan fingerprint density at radius 2 is 1.74 bits per heavy atom. The van der Waals surface area contributed by atoms with E-state index in [0.717, 1.165) is 32.8 Å². The third kappa shape index (κ3) is 5.75. The van der Waals surface area contributed by atoms with Gasteiger partial charge < -0.3 is 19.2 Å². The molecule has 0 saturated carbocycles. The highest BCUT2D eigenvalue weighted by Crippen LogP contribution is 2.36. The molecule has 4 rings (SSSR count). The SMILES string of the molecule is Cc1ccc(Sc2cc(C(=O)N3Cc4ccc(OCC[N+](C)(C)C)cc4C3)ccc2O)cc1C.